The van der Waals surface area contributed by atoms with Crippen molar-refractivity contribution in [2.24, 2.45) is 0 Å². The largest absolute Gasteiger partial charge is 0.478 e. The number of carboxylic acid groups (broad SMARTS) is 1. The Labute approximate surface area is 160 Å². The van der Waals surface area contributed by atoms with Gasteiger partial charge in [-0.05, 0) is 54.3 Å². The molecule has 0 saturated heterocycles. The van der Waals surface area contributed by atoms with E-state index >= 15 is 0 Å². The Morgan fingerprint density at radius 2 is 1.69 bits per heavy atom. The van der Waals surface area contributed by atoms with Crippen molar-refractivity contribution in [2.45, 2.75) is 25.8 Å². The zero-order valence-corrected chi connectivity index (χ0v) is 15.6. The lowest BCUT2D eigenvalue weighted by Gasteiger charge is -2.17. The Bertz CT molecular complexity index is 873. The van der Waals surface area contributed by atoms with Crippen molar-refractivity contribution in [1.82, 2.24) is 5.32 Å². The SMILES string of the molecule is C[C@@H](NCCCc1ccccc1C(=O)O)c1cccc2ccccc12.Cl. The van der Waals surface area contributed by atoms with Gasteiger partial charge in [0, 0.05) is 6.04 Å². The molecule has 0 heterocycles. The van der Waals surface area contributed by atoms with E-state index < -0.39 is 5.97 Å². The lowest BCUT2D eigenvalue weighted by atomic mass is 9.99. The maximum Gasteiger partial charge on any atom is 0.335 e. The number of halogens is 1. The summed E-state index contributed by atoms with van der Waals surface area (Å²) in [7, 11) is 0. The summed E-state index contributed by atoms with van der Waals surface area (Å²) >= 11 is 0. The highest BCUT2D eigenvalue weighted by molar-refractivity contribution is 5.89. The first-order valence-electron chi connectivity index (χ1n) is 8.69. The average Bonchev–Trinajstić information content (AvgIpc) is 2.64. The van der Waals surface area contributed by atoms with Gasteiger partial charge in [-0.15, -0.1) is 12.4 Å². The molecule has 0 radical (unpaired) electrons. The molecular formula is C22H24ClNO2. The summed E-state index contributed by atoms with van der Waals surface area (Å²) < 4.78 is 0. The van der Waals surface area contributed by atoms with Crippen LogP contribution in [0.2, 0.25) is 0 Å². The Balaban J connectivity index is 0.00000243. The van der Waals surface area contributed by atoms with E-state index in [0.29, 0.717) is 5.56 Å². The molecule has 4 heteroatoms. The summed E-state index contributed by atoms with van der Waals surface area (Å²) in [6.45, 7) is 3.02. The highest BCUT2D eigenvalue weighted by atomic mass is 35.5. The second kappa shape index (κ2) is 9.37. The summed E-state index contributed by atoms with van der Waals surface area (Å²) in [4.78, 5) is 11.3. The van der Waals surface area contributed by atoms with Gasteiger partial charge in [-0.2, -0.15) is 0 Å². The molecule has 1 atom stereocenters. The van der Waals surface area contributed by atoms with Gasteiger partial charge < -0.3 is 10.4 Å². The van der Waals surface area contributed by atoms with E-state index in [4.69, 9.17) is 0 Å². The number of carboxylic acids is 1. The molecule has 0 aliphatic heterocycles. The minimum absolute atomic E-state index is 0. The summed E-state index contributed by atoms with van der Waals surface area (Å²) in [6, 6.07) is 22.3. The standard InChI is InChI=1S/C22H23NO2.ClH/c1-16(19-14-6-10-17-8-2-4-12-20(17)19)23-15-7-11-18-9-3-5-13-21(18)22(24)25;/h2-6,8-10,12-14,16,23H,7,11,15H2,1H3,(H,24,25);1H/t16-;/m1./s1. The Hall–Kier alpha value is -2.36. The Kier molecular flexibility index (Phi) is 7.19. The summed E-state index contributed by atoms with van der Waals surface area (Å²) in [5, 5.41) is 15.3. The van der Waals surface area contributed by atoms with Gasteiger partial charge in [-0.1, -0.05) is 60.7 Å². The molecule has 0 aliphatic rings. The first kappa shape index (κ1) is 20.0. The number of benzene rings is 3. The second-order valence-corrected chi connectivity index (χ2v) is 6.31. The molecule has 0 aliphatic carbocycles. The van der Waals surface area contributed by atoms with E-state index in [9.17, 15) is 9.90 Å². The molecule has 0 aromatic heterocycles. The van der Waals surface area contributed by atoms with Crippen LogP contribution in [0.3, 0.4) is 0 Å². The molecule has 3 nitrogen and oxygen atoms in total. The predicted molar refractivity (Wildman–Crippen MR) is 109 cm³/mol. The van der Waals surface area contributed by atoms with Gasteiger partial charge in [0.2, 0.25) is 0 Å². The van der Waals surface area contributed by atoms with Gasteiger partial charge in [0.25, 0.3) is 0 Å². The molecule has 0 saturated carbocycles. The average molecular weight is 370 g/mol. The van der Waals surface area contributed by atoms with Crippen molar-refractivity contribution in [1.29, 1.82) is 0 Å². The van der Waals surface area contributed by atoms with Gasteiger partial charge in [-0.3, -0.25) is 0 Å². The van der Waals surface area contributed by atoms with E-state index in [1.54, 1.807) is 12.1 Å². The third-order valence-corrected chi connectivity index (χ3v) is 4.61. The van der Waals surface area contributed by atoms with Crippen LogP contribution >= 0.6 is 12.4 Å². The number of fused-ring (bicyclic) bond motifs is 1. The molecular weight excluding hydrogens is 346 g/mol. The molecule has 0 unspecified atom stereocenters. The van der Waals surface area contributed by atoms with Crippen molar-refractivity contribution in [3.05, 3.63) is 83.4 Å². The smallest absolute Gasteiger partial charge is 0.335 e. The van der Waals surface area contributed by atoms with Crippen molar-refractivity contribution in [3.8, 4) is 0 Å². The number of aromatic carboxylic acids is 1. The fraction of sp³-hybridized carbons (Fsp3) is 0.227. The summed E-state index contributed by atoms with van der Waals surface area (Å²) in [5.74, 6) is -0.854. The van der Waals surface area contributed by atoms with Crippen LogP contribution in [0.25, 0.3) is 10.8 Å². The highest BCUT2D eigenvalue weighted by Gasteiger charge is 2.10. The molecule has 136 valence electrons. The van der Waals surface area contributed by atoms with Gasteiger partial charge in [0.1, 0.15) is 0 Å². The quantitative estimate of drug-likeness (QED) is 0.559. The van der Waals surface area contributed by atoms with E-state index in [1.165, 1.54) is 16.3 Å². The third-order valence-electron chi connectivity index (χ3n) is 4.61. The lowest BCUT2D eigenvalue weighted by Crippen LogP contribution is -2.20. The topological polar surface area (TPSA) is 49.3 Å². The zero-order chi connectivity index (χ0) is 17.6. The van der Waals surface area contributed by atoms with E-state index in [1.807, 2.05) is 12.1 Å². The van der Waals surface area contributed by atoms with Crippen LogP contribution in [-0.2, 0) is 6.42 Å². The van der Waals surface area contributed by atoms with Crippen LogP contribution in [0.4, 0.5) is 0 Å². The first-order valence-corrected chi connectivity index (χ1v) is 8.69. The number of rotatable bonds is 7. The maximum atomic E-state index is 11.3. The first-order chi connectivity index (χ1) is 12.2. The molecule has 3 aromatic rings. The maximum absolute atomic E-state index is 11.3. The van der Waals surface area contributed by atoms with Gasteiger partial charge >= 0.3 is 5.97 Å². The summed E-state index contributed by atoms with van der Waals surface area (Å²) in [5.41, 5.74) is 2.60. The van der Waals surface area contributed by atoms with Gasteiger partial charge in [-0.25, -0.2) is 4.79 Å². The van der Waals surface area contributed by atoms with Gasteiger partial charge in [0.15, 0.2) is 0 Å². The molecule has 0 amide bonds. The normalized spacial score (nSPS) is 11.7. The number of hydrogen-bond acceptors (Lipinski definition) is 2. The van der Waals surface area contributed by atoms with Crippen molar-refractivity contribution in [3.63, 3.8) is 0 Å². The number of aryl methyl sites for hydroxylation is 1. The van der Waals surface area contributed by atoms with Crippen LogP contribution in [0.1, 0.15) is 40.9 Å². The lowest BCUT2D eigenvalue weighted by molar-refractivity contribution is 0.0695. The summed E-state index contributed by atoms with van der Waals surface area (Å²) in [6.07, 6.45) is 1.66. The number of hydrogen-bond donors (Lipinski definition) is 2. The van der Waals surface area contributed by atoms with Crippen molar-refractivity contribution < 1.29 is 9.90 Å². The Morgan fingerprint density at radius 1 is 1.00 bits per heavy atom. The number of nitrogens with one attached hydrogen (secondary N) is 1. The Morgan fingerprint density at radius 3 is 2.50 bits per heavy atom. The molecule has 26 heavy (non-hydrogen) atoms. The van der Waals surface area contributed by atoms with Crippen molar-refractivity contribution in [2.75, 3.05) is 6.54 Å². The minimum Gasteiger partial charge on any atom is -0.478 e. The molecule has 0 spiro atoms. The molecule has 2 N–H and O–H groups in total. The van der Waals surface area contributed by atoms with Crippen LogP contribution in [0, 0.1) is 0 Å². The molecule has 0 fully saturated rings. The fourth-order valence-corrected chi connectivity index (χ4v) is 3.28. The van der Waals surface area contributed by atoms with Crippen LogP contribution in [0.5, 0.6) is 0 Å². The van der Waals surface area contributed by atoms with E-state index in [2.05, 4.69) is 54.7 Å². The van der Waals surface area contributed by atoms with Gasteiger partial charge in [0.05, 0.1) is 5.56 Å². The second-order valence-electron chi connectivity index (χ2n) is 6.31. The van der Waals surface area contributed by atoms with E-state index in [-0.39, 0.29) is 18.4 Å². The number of carbonyl (C=O) groups is 1. The molecule has 3 aromatic carbocycles. The monoisotopic (exact) mass is 369 g/mol. The van der Waals surface area contributed by atoms with E-state index in [0.717, 1.165) is 24.9 Å². The molecule has 0 bridgehead atoms. The van der Waals surface area contributed by atoms with Crippen molar-refractivity contribution >= 4 is 29.1 Å². The van der Waals surface area contributed by atoms with Crippen LogP contribution in [-0.4, -0.2) is 17.6 Å². The minimum atomic E-state index is -0.854. The molecule has 3 rings (SSSR count). The zero-order valence-electron chi connectivity index (χ0n) is 14.8. The predicted octanol–water partition coefficient (Wildman–Crippen LogP) is 5.24. The van der Waals surface area contributed by atoms with Crippen LogP contribution in [0.15, 0.2) is 66.7 Å². The highest BCUT2D eigenvalue weighted by Crippen LogP contribution is 2.24. The van der Waals surface area contributed by atoms with Crippen LogP contribution < -0.4 is 5.32 Å². The third kappa shape index (κ3) is 4.63. The fourth-order valence-electron chi connectivity index (χ4n) is 3.28.